The van der Waals surface area contributed by atoms with Gasteiger partial charge in [-0.2, -0.15) is 0 Å². The molecule has 40 heavy (non-hydrogen) atoms. The van der Waals surface area contributed by atoms with Gasteiger partial charge in [-0.25, -0.2) is 9.98 Å². The number of nitrogens with two attached hydrogens (primary N) is 4. The van der Waals surface area contributed by atoms with Gasteiger partial charge in [-0.3, -0.25) is 0 Å². The molecule has 0 amide bonds. The smallest absolute Gasteiger partial charge is 0.224 e. The average Bonchev–Trinajstić information content (AvgIpc) is 3.13. The number of nitrogens with zero attached hydrogens (tertiary/aromatic N) is 2. The van der Waals surface area contributed by atoms with E-state index in [1.54, 1.807) is 0 Å². The molecular formula is C21H41N7O12. The van der Waals surface area contributed by atoms with E-state index in [-0.39, 0.29) is 0 Å². The maximum absolute atomic E-state index is 11.3. The summed E-state index contributed by atoms with van der Waals surface area (Å²) in [6.07, 6.45) is -16.7. The first-order valence-corrected chi connectivity index (χ1v) is 12.5. The van der Waals surface area contributed by atoms with Crippen LogP contribution in [-0.4, -0.2) is 160 Å². The Bertz CT molecular complexity index is 911. The van der Waals surface area contributed by atoms with E-state index in [9.17, 15) is 35.7 Å². The maximum Gasteiger partial charge on any atom is 0.224 e. The average molecular weight is 584 g/mol. The Hall–Kier alpha value is -1.98. The van der Waals surface area contributed by atoms with E-state index < -0.39 is 110 Å². The second kappa shape index (κ2) is 12.9. The summed E-state index contributed by atoms with van der Waals surface area (Å²) in [6.45, 7) is 0.776. The summed E-state index contributed by atoms with van der Waals surface area (Å²) >= 11 is 0. The molecule has 15 atom stereocenters. The lowest BCUT2D eigenvalue weighted by Crippen LogP contribution is -2.67. The first-order chi connectivity index (χ1) is 18.7. The van der Waals surface area contributed by atoms with Crippen molar-refractivity contribution in [2.75, 3.05) is 20.8 Å². The molecule has 0 bridgehead atoms. The second-order valence-corrected chi connectivity index (χ2v) is 9.84. The molecule has 19 heteroatoms. The minimum absolute atomic E-state index is 0.488. The largest absolute Gasteiger partial charge is 0.394 e. The number of likely N-dealkylation sites (N-methyl/N-ethyl adjacent to an activating group) is 1. The summed E-state index contributed by atoms with van der Waals surface area (Å²) in [7, 11) is 2.61. The zero-order chi connectivity index (χ0) is 30.1. The highest BCUT2D eigenvalue weighted by Gasteiger charge is 2.61. The van der Waals surface area contributed by atoms with Gasteiger partial charge >= 0.3 is 0 Å². The van der Waals surface area contributed by atoms with Crippen LogP contribution >= 0.6 is 0 Å². The predicted molar refractivity (Wildman–Crippen MR) is 134 cm³/mol. The Morgan fingerprint density at radius 3 is 1.98 bits per heavy atom. The van der Waals surface area contributed by atoms with Crippen LogP contribution in [0.25, 0.3) is 0 Å². The van der Waals surface area contributed by atoms with Gasteiger partial charge in [0.25, 0.3) is 0 Å². The lowest BCUT2D eigenvalue weighted by molar-refractivity contribution is -0.331. The summed E-state index contributed by atoms with van der Waals surface area (Å²) < 4.78 is 28.6. The van der Waals surface area contributed by atoms with Crippen molar-refractivity contribution in [1.29, 1.82) is 0 Å². The van der Waals surface area contributed by atoms with E-state index in [1.807, 2.05) is 0 Å². The molecule has 2 heterocycles. The molecule has 232 valence electrons. The summed E-state index contributed by atoms with van der Waals surface area (Å²) in [5.41, 5.74) is 21.9. The van der Waals surface area contributed by atoms with Crippen LogP contribution in [0.4, 0.5) is 0 Å². The number of hydrogen-bond donors (Lipinski definition) is 12. The molecule has 2 aliphatic heterocycles. The van der Waals surface area contributed by atoms with E-state index in [2.05, 4.69) is 15.3 Å². The molecule has 2 saturated heterocycles. The van der Waals surface area contributed by atoms with Gasteiger partial charge in [0.2, 0.25) is 5.79 Å². The number of aliphatic hydroxyl groups excluding tert-OH is 6. The van der Waals surface area contributed by atoms with Gasteiger partial charge in [-0.15, -0.1) is 0 Å². The van der Waals surface area contributed by atoms with E-state index in [0.29, 0.717) is 0 Å². The summed E-state index contributed by atoms with van der Waals surface area (Å²) in [6, 6.07) is -3.96. The SMILES string of the molecule is CN[C@@H]1[C@H](O[C@H]2O[C@@H](C)[C@](O)(OC)[C@@H]2O[C@@H]2[C@H](O)[C@H](O)[C@H](N=C(N)N)[C@@H](O)[C@@H]2N=C(N)N)O[C@H](CO)[C@H](O)[C@@H]1O. The van der Waals surface area contributed by atoms with Gasteiger partial charge in [0.05, 0.1) is 12.6 Å². The third kappa shape index (κ3) is 6.11. The number of rotatable bonds is 9. The van der Waals surface area contributed by atoms with Crippen LogP contribution in [0.2, 0.25) is 0 Å². The Labute approximate surface area is 229 Å². The molecular weight excluding hydrogens is 542 g/mol. The number of hydrogen-bond acceptors (Lipinski definition) is 15. The van der Waals surface area contributed by atoms with Crippen LogP contribution in [0.1, 0.15) is 6.92 Å². The number of guanidine groups is 2. The molecule has 0 spiro atoms. The lowest BCUT2D eigenvalue weighted by Gasteiger charge is -2.46. The van der Waals surface area contributed by atoms with Crippen LogP contribution in [0.3, 0.4) is 0 Å². The zero-order valence-electron chi connectivity index (χ0n) is 22.2. The molecule has 3 rings (SSSR count). The number of nitrogens with one attached hydrogen (secondary N) is 1. The van der Waals surface area contributed by atoms with Crippen LogP contribution in [-0.2, 0) is 23.7 Å². The van der Waals surface area contributed by atoms with Crippen molar-refractivity contribution in [2.24, 2.45) is 32.9 Å². The Morgan fingerprint density at radius 2 is 1.45 bits per heavy atom. The van der Waals surface area contributed by atoms with Gasteiger partial charge in [-0.05, 0) is 14.0 Å². The lowest BCUT2D eigenvalue weighted by atomic mass is 9.81. The number of aliphatic hydroxyl groups is 7. The van der Waals surface area contributed by atoms with Crippen LogP contribution in [0, 0.1) is 0 Å². The first kappa shape index (κ1) is 32.5. The normalized spacial score (nSPS) is 47.5. The van der Waals surface area contributed by atoms with Gasteiger partial charge in [0.1, 0.15) is 60.9 Å². The number of methoxy groups -OCH3 is 1. The van der Waals surface area contributed by atoms with Crippen molar-refractivity contribution in [3.8, 4) is 0 Å². The minimum atomic E-state index is -2.24. The van der Waals surface area contributed by atoms with E-state index in [0.717, 1.165) is 7.11 Å². The fourth-order valence-corrected chi connectivity index (χ4v) is 5.15. The van der Waals surface area contributed by atoms with E-state index in [4.69, 9.17) is 46.6 Å². The van der Waals surface area contributed by atoms with Crippen LogP contribution in [0.5, 0.6) is 0 Å². The quantitative estimate of drug-likeness (QED) is 0.0680. The highest BCUT2D eigenvalue weighted by Crippen LogP contribution is 2.39. The van der Waals surface area contributed by atoms with Crippen molar-refractivity contribution in [1.82, 2.24) is 5.32 Å². The molecule has 0 aromatic heterocycles. The van der Waals surface area contributed by atoms with Crippen molar-refractivity contribution in [3.05, 3.63) is 0 Å². The van der Waals surface area contributed by atoms with Crippen LogP contribution < -0.4 is 28.3 Å². The Kier molecular flexibility index (Phi) is 10.5. The Balaban J connectivity index is 1.97. The van der Waals surface area contributed by atoms with Gasteiger partial charge in [0, 0.05) is 7.11 Å². The maximum atomic E-state index is 11.3. The van der Waals surface area contributed by atoms with Crippen LogP contribution in [0.15, 0.2) is 9.98 Å². The Morgan fingerprint density at radius 1 is 0.850 bits per heavy atom. The molecule has 1 aliphatic carbocycles. The minimum Gasteiger partial charge on any atom is -0.394 e. The fraction of sp³-hybridized carbons (Fsp3) is 0.905. The molecule has 0 aromatic rings. The zero-order valence-corrected chi connectivity index (χ0v) is 22.2. The monoisotopic (exact) mass is 583 g/mol. The molecule has 1 saturated carbocycles. The summed E-state index contributed by atoms with van der Waals surface area (Å²) in [4.78, 5) is 7.69. The van der Waals surface area contributed by atoms with Crippen molar-refractivity contribution in [2.45, 2.75) is 98.4 Å². The standard InChI is InChI=1S/C21H41N7O12/c1-5-21(35,36-3)16(18(37-5)40-17-9(26-2)13(33)10(30)6(4-29)38-17)39-15-8(28-20(24)25)11(31)7(27-19(22)23)12(32)14(15)34/h5-18,26,29-35H,4H2,1-3H3,(H4,22,23,27)(H4,24,25,28)/t5-,6+,7+,8-,9-,10-,11+,12+,13+,14+,15-,16+,17-,18+,21-/m0/s1. The molecule has 3 fully saturated rings. The highest BCUT2D eigenvalue weighted by atomic mass is 16.8. The van der Waals surface area contributed by atoms with E-state index >= 15 is 0 Å². The molecule has 19 nitrogen and oxygen atoms in total. The topological polar surface area (TPSA) is 329 Å². The summed E-state index contributed by atoms with van der Waals surface area (Å²) in [5.74, 6) is -3.23. The van der Waals surface area contributed by atoms with Crippen molar-refractivity contribution < 1.29 is 59.4 Å². The molecule has 16 N–H and O–H groups in total. The van der Waals surface area contributed by atoms with Crippen molar-refractivity contribution in [3.63, 3.8) is 0 Å². The number of aliphatic imine (C=N–C) groups is 2. The molecule has 0 unspecified atom stereocenters. The molecule has 3 aliphatic rings. The first-order valence-electron chi connectivity index (χ1n) is 12.5. The predicted octanol–water partition coefficient (Wildman–Crippen LogP) is -7.76. The van der Waals surface area contributed by atoms with Gasteiger partial charge in [0.15, 0.2) is 30.6 Å². The number of ether oxygens (including phenoxy) is 5. The fourth-order valence-electron chi connectivity index (χ4n) is 5.15. The third-order valence-electron chi connectivity index (χ3n) is 7.36. The molecule has 0 radical (unpaired) electrons. The highest BCUT2D eigenvalue weighted by molar-refractivity contribution is 5.76. The third-order valence-corrected chi connectivity index (χ3v) is 7.36. The van der Waals surface area contributed by atoms with Gasteiger partial charge in [-0.1, -0.05) is 0 Å². The van der Waals surface area contributed by atoms with E-state index in [1.165, 1.54) is 14.0 Å². The van der Waals surface area contributed by atoms with Crippen molar-refractivity contribution >= 4 is 11.9 Å². The van der Waals surface area contributed by atoms with Gasteiger partial charge < -0.3 is 87.7 Å². The molecule has 0 aromatic carbocycles. The summed E-state index contributed by atoms with van der Waals surface area (Å²) in [5, 5.41) is 77.1. The second-order valence-electron chi connectivity index (χ2n) is 9.84.